The van der Waals surface area contributed by atoms with Gasteiger partial charge >= 0.3 is 0 Å². The Kier molecular flexibility index (Phi) is 3.23. The summed E-state index contributed by atoms with van der Waals surface area (Å²) in [5.41, 5.74) is 7.20. The van der Waals surface area contributed by atoms with Crippen molar-refractivity contribution in [1.82, 2.24) is 5.32 Å². The van der Waals surface area contributed by atoms with Gasteiger partial charge in [0.15, 0.2) is 0 Å². The smallest absolute Gasteiger partial charge is 0.119 e. The molecule has 1 saturated carbocycles. The van der Waals surface area contributed by atoms with Crippen molar-refractivity contribution in [2.45, 2.75) is 24.9 Å². The van der Waals surface area contributed by atoms with Gasteiger partial charge in [0.25, 0.3) is 0 Å². The highest BCUT2D eigenvalue weighted by molar-refractivity contribution is 5.30. The molecule has 1 aromatic rings. The molecule has 0 bridgehead atoms. The molecule has 0 saturated heterocycles. The van der Waals surface area contributed by atoms with E-state index in [1.54, 1.807) is 7.11 Å². The van der Waals surface area contributed by atoms with Gasteiger partial charge in [0, 0.05) is 18.6 Å². The summed E-state index contributed by atoms with van der Waals surface area (Å²) in [5, 5.41) is 3.43. The molecule has 0 spiro atoms. The van der Waals surface area contributed by atoms with Crippen molar-refractivity contribution in [2.75, 3.05) is 13.7 Å². The first-order valence-corrected chi connectivity index (χ1v) is 5.42. The fourth-order valence-corrected chi connectivity index (χ4v) is 1.57. The van der Waals surface area contributed by atoms with Crippen molar-refractivity contribution in [3.8, 4) is 5.75 Å². The van der Waals surface area contributed by atoms with Crippen LogP contribution < -0.4 is 15.8 Å². The van der Waals surface area contributed by atoms with Crippen LogP contribution in [0.3, 0.4) is 0 Å². The average Bonchev–Trinajstić information content (AvgIpc) is 3.10. The molecular formula is C12H18N2O. The molecule has 0 aromatic heterocycles. The van der Waals surface area contributed by atoms with E-state index in [0.717, 1.165) is 17.9 Å². The third-order valence-corrected chi connectivity index (χ3v) is 2.73. The topological polar surface area (TPSA) is 47.3 Å². The van der Waals surface area contributed by atoms with Crippen LogP contribution in [-0.2, 0) is 0 Å². The zero-order chi connectivity index (χ0) is 10.7. The van der Waals surface area contributed by atoms with Crippen LogP contribution in [0, 0.1) is 0 Å². The van der Waals surface area contributed by atoms with Gasteiger partial charge in [-0.3, -0.25) is 0 Å². The third kappa shape index (κ3) is 2.94. The van der Waals surface area contributed by atoms with E-state index in [4.69, 9.17) is 10.5 Å². The first kappa shape index (κ1) is 10.5. The molecule has 1 aromatic carbocycles. The minimum Gasteiger partial charge on any atom is -0.497 e. The normalized spacial score (nSPS) is 17.5. The van der Waals surface area contributed by atoms with Crippen LogP contribution in [0.1, 0.15) is 24.4 Å². The highest BCUT2D eigenvalue weighted by Gasteiger charge is 2.21. The van der Waals surface area contributed by atoms with Crippen LogP contribution in [0.4, 0.5) is 0 Å². The lowest BCUT2D eigenvalue weighted by molar-refractivity contribution is 0.413. The van der Waals surface area contributed by atoms with Gasteiger partial charge in [-0.15, -0.1) is 0 Å². The van der Waals surface area contributed by atoms with Crippen molar-refractivity contribution in [1.29, 1.82) is 0 Å². The number of hydrogen-bond acceptors (Lipinski definition) is 3. The molecule has 0 aliphatic heterocycles. The molecule has 0 heterocycles. The van der Waals surface area contributed by atoms with E-state index >= 15 is 0 Å². The van der Waals surface area contributed by atoms with Gasteiger partial charge in [0.05, 0.1) is 7.11 Å². The fourth-order valence-electron chi connectivity index (χ4n) is 1.57. The average molecular weight is 206 g/mol. The molecule has 3 N–H and O–H groups in total. The number of benzene rings is 1. The second-order valence-corrected chi connectivity index (χ2v) is 4.07. The van der Waals surface area contributed by atoms with Crippen LogP contribution in [-0.4, -0.2) is 19.7 Å². The Bertz CT molecular complexity index is 323. The summed E-state index contributed by atoms with van der Waals surface area (Å²) >= 11 is 0. The van der Waals surface area contributed by atoms with Crippen molar-refractivity contribution in [3.63, 3.8) is 0 Å². The molecule has 15 heavy (non-hydrogen) atoms. The summed E-state index contributed by atoms with van der Waals surface area (Å²) in [5.74, 6) is 0.870. The summed E-state index contributed by atoms with van der Waals surface area (Å²) in [6, 6.07) is 8.72. The second kappa shape index (κ2) is 4.64. The fraction of sp³-hybridized carbons (Fsp3) is 0.500. The van der Waals surface area contributed by atoms with Crippen molar-refractivity contribution < 1.29 is 4.74 Å². The number of ether oxygens (including phenoxy) is 1. The Labute approximate surface area is 90.6 Å². The molecule has 1 unspecified atom stereocenters. The maximum atomic E-state index is 6.08. The van der Waals surface area contributed by atoms with Gasteiger partial charge in [0.2, 0.25) is 0 Å². The Morgan fingerprint density at radius 2 is 2.33 bits per heavy atom. The second-order valence-electron chi connectivity index (χ2n) is 4.07. The Morgan fingerprint density at radius 1 is 1.53 bits per heavy atom. The SMILES string of the molecule is COc1cccc(C(N)CNC2CC2)c1. The predicted molar refractivity (Wildman–Crippen MR) is 60.9 cm³/mol. The van der Waals surface area contributed by atoms with Gasteiger partial charge in [-0.2, -0.15) is 0 Å². The van der Waals surface area contributed by atoms with Gasteiger partial charge in [0.1, 0.15) is 5.75 Å². The number of hydrogen-bond donors (Lipinski definition) is 2. The van der Waals surface area contributed by atoms with Gasteiger partial charge < -0.3 is 15.8 Å². The molecule has 1 fully saturated rings. The van der Waals surface area contributed by atoms with Crippen LogP contribution in [0.2, 0.25) is 0 Å². The molecular weight excluding hydrogens is 188 g/mol. The molecule has 1 aliphatic rings. The number of rotatable bonds is 5. The first-order valence-electron chi connectivity index (χ1n) is 5.42. The van der Waals surface area contributed by atoms with Crippen molar-refractivity contribution in [2.24, 2.45) is 5.73 Å². The maximum Gasteiger partial charge on any atom is 0.119 e. The molecule has 82 valence electrons. The van der Waals surface area contributed by atoms with Crippen molar-refractivity contribution >= 4 is 0 Å². The van der Waals surface area contributed by atoms with E-state index in [9.17, 15) is 0 Å². The molecule has 1 aliphatic carbocycles. The monoisotopic (exact) mass is 206 g/mol. The number of nitrogens with two attached hydrogens (primary N) is 1. The van der Waals surface area contributed by atoms with Crippen LogP contribution >= 0.6 is 0 Å². The van der Waals surface area contributed by atoms with Crippen LogP contribution in [0.25, 0.3) is 0 Å². The lowest BCUT2D eigenvalue weighted by Gasteiger charge is -2.13. The summed E-state index contributed by atoms with van der Waals surface area (Å²) < 4.78 is 5.17. The zero-order valence-corrected chi connectivity index (χ0v) is 9.07. The molecule has 0 radical (unpaired) electrons. The summed E-state index contributed by atoms with van der Waals surface area (Å²) in [6.07, 6.45) is 2.59. The van der Waals surface area contributed by atoms with E-state index in [-0.39, 0.29) is 6.04 Å². The van der Waals surface area contributed by atoms with Crippen LogP contribution in [0.5, 0.6) is 5.75 Å². The highest BCUT2D eigenvalue weighted by atomic mass is 16.5. The van der Waals surface area contributed by atoms with E-state index in [0.29, 0.717) is 6.04 Å². The molecule has 2 rings (SSSR count). The Morgan fingerprint density at radius 3 is 3.00 bits per heavy atom. The predicted octanol–water partition coefficient (Wildman–Crippen LogP) is 1.45. The van der Waals surface area contributed by atoms with Crippen molar-refractivity contribution in [3.05, 3.63) is 29.8 Å². The molecule has 1 atom stereocenters. The minimum atomic E-state index is 0.0562. The zero-order valence-electron chi connectivity index (χ0n) is 9.07. The highest BCUT2D eigenvalue weighted by Crippen LogP contribution is 2.21. The first-order chi connectivity index (χ1) is 7.29. The largest absolute Gasteiger partial charge is 0.497 e. The number of nitrogens with one attached hydrogen (secondary N) is 1. The summed E-state index contributed by atoms with van der Waals surface area (Å²) in [4.78, 5) is 0. The lowest BCUT2D eigenvalue weighted by Crippen LogP contribution is -2.28. The maximum absolute atomic E-state index is 6.08. The van der Waals surface area contributed by atoms with E-state index < -0.39 is 0 Å². The van der Waals surface area contributed by atoms with Crippen LogP contribution in [0.15, 0.2) is 24.3 Å². The number of methoxy groups -OCH3 is 1. The van der Waals surface area contributed by atoms with Gasteiger partial charge in [-0.05, 0) is 30.5 Å². The molecule has 3 heteroatoms. The van der Waals surface area contributed by atoms with Gasteiger partial charge in [-0.1, -0.05) is 12.1 Å². The molecule has 0 amide bonds. The summed E-state index contributed by atoms with van der Waals surface area (Å²) in [6.45, 7) is 0.845. The lowest BCUT2D eigenvalue weighted by atomic mass is 10.1. The molecule has 3 nitrogen and oxygen atoms in total. The van der Waals surface area contributed by atoms with Gasteiger partial charge in [-0.25, -0.2) is 0 Å². The standard InChI is InChI=1S/C12H18N2O/c1-15-11-4-2-3-9(7-11)12(13)8-14-10-5-6-10/h2-4,7,10,12,14H,5-6,8,13H2,1H3. The quantitative estimate of drug-likeness (QED) is 0.766. The van der Waals surface area contributed by atoms with E-state index in [1.807, 2.05) is 24.3 Å². The minimum absolute atomic E-state index is 0.0562. The Hall–Kier alpha value is -1.06. The Balaban J connectivity index is 1.93. The third-order valence-electron chi connectivity index (χ3n) is 2.73. The van der Waals surface area contributed by atoms with E-state index in [1.165, 1.54) is 12.8 Å². The summed E-state index contributed by atoms with van der Waals surface area (Å²) in [7, 11) is 1.67. The van der Waals surface area contributed by atoms with E-state index in [2.05, 4.69) is 5.32 Å².